The van der Waals surface area contributed by atoms with Crippen LogP contribution in [0.25, 0.3) is 0 Å². The largest absolute Gasteiger partial charge is 0.378 e. The topological polar surface area (TPSA) is 34.1 Å². The quantitative estimate of drug-likeness (QED) is 0.810. The second kappa shape index (κ2) is 8.18. The second-order valence-corrected chi connectivity index (χ2v) is 6.04. The smallest absolute Gasteiger partial charge is 0.0760 e. The van der Waals surface area contributed by atoms with E-state index in [0.29, 0.717) is 16.1 Å². The van der Waals surface area contributed by atoms with E-state index in [1.54, 1.807) is 12.3 Å². The number of ether oxygens (including phenoxy) is 1. The van der Waals surface area contributed by atoms with Crippen LogP contribution < -0.4 is 5.32 Å². The lowest BCUT2D eigenvalue weighted by molar-refractivity contribution is 0.101. The molecule has 0 aliphatic carbocycles. The zero-order valence-corrected chi connectivity index (χ0v) is 13.4. The monoisotopic (exact) mass is 316 g/mol. The summed E-state index contributed by atoms with van der Waals surface area (Å²) in [7, 11) is 0. The van der Waals surface area contributed by atoms with Gasteiger partial charge in [-0.25, -0.2) is 0 Å². The molecule has 2 rings (SSSR count). The molecule has 112 valence electrons. The van der Waals surface area contributed by atoms with E-state index in [1.807, 2.05) is 0 Å². The molecule has 1 aliphatic rings. The van der Waals surface area contributed by atoms with Crippen LogP contribution >= 0.6 is 23.2 Å². The first-order chi connectivity index (χ1) is 9.70. The van der Waals surface area contributed by atoms with Crippen molar-refractivity contribution in [2.45, 2.75) is 51.2 Å². The van der Waals surface area contributed by atoms with Gasteiger partial charge in [-0.3, -0.25) is 4.98 Å². The Morgan fingerprint density at radius 2 is 2.35 bits per heavy atom. The van der Waals surface area contributed by atoms with E-state index in [4.69, 9.17) is 27.9 Å². The third-order valence-electron chi connectivity index (χ3n) is 3.66. The molecule has 2 unspecified atom stereocenters. The van der Waals surface area contributed by atoms with E-state index >= 15 is 0 Å². The minimum atomic E-state index is 0.186. The third kappa shape index (κ3) is 4.59. The fourth-order valence-corrected chi connectivity index (χ4v) is 3.20. The number of nitrogens with one attached hydrogen (secondary N) is 1. The number of hydrogen-bond acceptors (Lipinski definition) is 3. The lowest BCUT2D eigenvalue weighted by atomic mass is 10.0. The van der Waals surface area contributed by atoms with Crippen LogP contribution in [0.2, 0.25) is 10.0 Å². The van der Waals surface area contributed by atoms with Gasteiger partial charge in [-0.15, -0.1) is 0 Å². The lowest BCUT2D eigenvalue weighted by Crippen LogP contribution is -2.22. The van der Waals surface area contributed by atoms with E-state index in [2.05, 4.69) is 17.2 Å². The first-order valence-corrected chi connectivity index (χ1v) is 8.12. The molecule has 1 N–H and O–H groups in total. The van der Waals surface area contributed by atoms with E-state index < -0.39 is 0 Å². The van der Waals surface area contributed by atoms with Crippen LogP contribution in [0.5, 0.6) is 0 Å². The SMILES string of the molecule is CCNC(CCCC1CCCO1)c1ncc(Cl)cc1Cl. The molecule has 0 aromatic carbocycles. The predicted octanol–water partition coefficient (Wildman–Crippen LogP) is 4.39. The predicted molar refractivity (Wildman–Crippen MR) is 83.5 cm³/mol. The Morgan fingerprint density at radius 3 is 3.00 bits per heavy atom. The van der Waals surface area contributed by atoms with Crippen molar-refractivity contribution in [1.82, 2.24) is 10.3 Å². The van der Waals surface area contributed by atoms with Crippen LogP contribution in [0.3, 0.4) is 0 Å². The van der Waals surface area contributed by atoms with Gasteiger partial charge in [0.15, 0.2) is 0 Å². The first-order valence-electron chi connectivity index (χ1n) is 7.36. The van der Waals surface area contributed by atoms with Crippen molar-refractivity contribution in [1.29, 1.82) is 0 Å². The Balaban J connectivity index is 1.91. The van der Waals surface area contributed by atoms with Crippen molar-refractivity contribution in [2.24, 2.45) is 0 Å². The minimum Gasteiger partial charge on any atom is -0.378 e. The van der Waals surface area contributed by atoms with Crippen molar-refractivity contribution < 1.29 is 4.74 Å². The second-order valence-electron chi connectivity index (χ2n) is 5.20. The number of nitrogens with zero attached hydrogens (tertiary/aromatic N) is 1. The molecule has 1 aliphatic heterocycles. The van der Waals surface area contributed by atoms with Gasteiger partial charge >= 0.3 is 0 Å². The molecule has 1 fully saturated rings. The number of pyridine rings is 1. The van der Waals surface area contributed by atoms with Gasteiger partial charge in [0.05, 0.1) is 27.9 Å². The molecule has 1 aromatic rings. The maximum absolute atomic E-state index is 6.25. The highest BCUT2D eigenvalue weighted by Crippen LogP contribution is 2.28. The lowest BCUT2D eigenvalue weighted by Gasteiger charge is -2.19. The van der Waals surface area contributed by atoms with Crippen LogP contribution in [-0.2, 0) is 4.74 Å². The molecule has 0 amide bonds. The molecule has 2 atom stereocenters. The molecule has 20 heavy (non-hydrogen) atoms. The summed E-state index contributed by atoms with van der Waals surface area (Å²) in [5.41, 5.74) is 0.894. The van der Waals surface area contributed by atoms with Crippen molar-refractivity contribution in [3.8, 4) is 0 Å². The molecule has 3 nitrogen and oxygen atoms in total. The first kappa shape index (κ1) is 16.0. The molecule has 0 bridgehead atoms. The van der Waals surface area contributed by atoms with Gasteiger partial charge in [0, 0.05) is 12.8 Å². The molecule has 5 heteroatoms. The average Bonchev–Trinajstić information content (AvgIpc) is 2.91. The van der Waals surface area contributed by atoms with Crippen LogP contribution in [0.4, 0.5) is 0 Å². The average molecular weight is 317 g/mol. The third-order valence-corrected chi connectivity index (χ3v) is 4.17. The number of rotatable bonds is 7. The van der Waals surface area contributed by atoms with E-state index in [1.165, 1.54) is 12.8 Å². The van der Waals surface area contributed by atoms with Crippen molar-refractivity contribution in [3.05, 3.63) is 28.0 Å². The molecule has 0 saturated carbocycles. The summed E-state index contributed by atoms with van der Waals surface area (Å²) in [5, 5.41) is 4.67. The van der Waals surface area contributed by atoms with Crippen LogP contribution in [-0.4, -0.2) is 24.2 Å². The zero-order chi connectivity index (χ0) is 14.4. The normalized spacial score (nSPS) is 20.2. The van der Waals surface area contributed by atoms with Crippen LogP contribution in [0.15, 0.2) is 12.3 Å². The molecule has 1 saturated heterocycles. The van der Waals surface area contributed by atoms with Gasteiger partial charge < -0.3 is 10.1 Å². The molecule has 1 aromatic heterocycles. The van der Waals surface area contributed by atoms with Gasteiger partial charge in [0.1, 0.15) is 0 Å². The van der Waals surface area contributed by atoms with Gasteiger partial charge in [-0.05, 0) is 44.7 Å². The number of aromatic nitrogens is 1. The summed E-state index contributed by atoms with van der Waals surface area (Å²) in [6, 6.07) is 1.95. The maximum Gasteiger partial charge on any atom is 0.0760 e. The fraction of sp³-hybridized carbons (Fsp3) is 0.667. The fourth-order valence-electron chi connectivity index (χ4n) is 2.69. The zero-order valence-electron chi connectivity index (χ0n) is 11.9. The molecule has 0 spiro atoms. The molecule has 0 radical (unpaired) electrons. The van der Waals surface area contributed by atoms with E-state index in [0.717, 1.165) is 38.1 Å². The van der Waals surface area contributed by atoms with Crippen LogP contribution in [0, 0.1) is 0 Å². The van der Waals surface area contributed by atoms with E-state index in [-0.39, 0.29) is 6.04 Å². The number of hydrogen-bond donors (Lipinski definition) is 1. The highest BCUT2D eigenvalue weighted by Gasteiger charge is 2.19. The minimum absolute atomic E-state index is 0.186. The Kier molecular flexibility index (Phi) is 6.56. The van der Waals surface area contributed by atoms with Gasteiger partial charge in [-0.2, -0.15) is 0 Å². The summed E-state index contributed by atoms with van der Waals surface area (Å²) in [6.07, 6.45) is 7.76. The highest BCUT2D eigenvalue weighted by atomic mass is 35.5. The summed E-state index contributed by atoms with van der Waals surface area (Å²) in [6.45, 7) is 3.91. The van der Waals surface area contributed by atoms with Crippen molar-refractivity contribution in [2.75, 3.05) is 13.2 Å². The summed E-state index contributed by atoms with van der Waals surface area (Å²) in [5.74, 6) is 0. The van der Waals surface area contributed by atoms with Crippen molar-refractivity contribution in [3.63, 3.8) is 0 Å². The van der Waals surface area contributed by atoms with Gasteiger partial charge in [0.2, 0.25) is 0 Å². The molecular weight excluding hydrogens is 295 g/mol. The summed E-state index contributed by atoms with van der Waals surface area (Å²) >= 11 is 12.2. The number of halogens is 2. The maximum atomic E-state index is 6.25. The molecule has 2 heterocycles. The molecular formula is C15H22Cl2N2O. The van der Waals surface area contributed by atoms with Gasteiger partial charge in [0.25, 0.3) is 0 Å². The van der Waals surface area contributed by atoms with Gasteiger partial charge in [-0.1, -0.05) is 30.1 Å². The highest BCUT2D eigenvalue weighted by molar-refractivity contribution is 6.34. The summed E-state index contributed by atoms with van der Waals surface area (Å²) < 4.78 is 5.66. The Hall–Kier alpha value is -0.350. The summed E-state index contributed by atoms with van der Waals surface area (Å²) in [4.78, 5) is 4.39. The van der Waals surface area contributed by atoms with Crippen LogP contribution in [0.1, 0.15) is 50.8 Å². The van der Waals surface area contributed by atoms with E-state index in [9.17, 15) is 0 Å². The standard InChI is InChI=1S/C15H22Cl2N2O/c1-2-18-14(7-3-5-12-6-4-8-20-12)15-13(17)9-11(16)10-19-15/h9-10,12,14,18H,2-8H2,1H3. The Labute approximate surface area is 131 Å². The van der Waals surface area contributed by atoms with Crippen molar-refractivity contribution >= 4 is 23.2 Å². The Morgan fingerprint density at radius 1 is 1.50 bits per heavy atom. The Bertz CT molecular complexity index is 422.